The average molecular weight is 352 g/mol. The van der Waals surface area contributed by atoms with Crippen LogP contribution < -0.4 is 11.1 Å². The van der Waals surface area contributed by atoms with Gasteiger partial charge in [0, 0.05) is 5.56 Å². The van der Waals surface area contributed by atoms with Gasteiger partial charge in [0.05, 0.1) is 15.7 Å². The van der Waals surface area contributed by atoms with Gasteiger partial charge in [-0.1, -0.05) is 0 Å². The van der Waals surface area contributed by atoms with Crippen molar-refractivity contribution in [2.45, 2.75) is 24.0 Å². The summed E-state index contributed by atoms with van der Waals surface area (Å²) in [5.74, 6) is -1.07. The van der Waals surface area contributed by atoms with Crippen LogP contribution in [0, 0.1) is 0 Å². The molecule has 1 aromatic carbocycles. The third-order valence-electron chi connectivity index (χ3n) is 3.22. The Hall–Kier alpha value is -2.19. The summed E-state index contributed by atoms with van der Waals surface area (Å²) in [5.41, 5.74) is 5.75. The minimum atomic E-state index is -3.38. The number of sulfone groups is 1. The van der Waals surface area contributed by atoms with Gasteiger partial charge in [-0.25, -0.2) is 8.42 Å². The quantitative estimate of drug-likeness (QED) is 0.861. The fraction of sp³-hybridized carbons (Fsp3) is 0.200. The summed E-state index contributed by atoms with van der Waals surface area (Å²) >= 11 is 1.18. The van der Waals surface area contributed by atoms with Gasteiger partial charge in [-0.05, 0) is 49.6 Å². The summed E-state index contributed by atoms with van der Waals surface area (Å²) in [6.07, 6.45) is 0. The minimum absolute atomic E-state index is 0.165. The van der Waals surface area contributed by atoms with E-state index in [2.05, 4.69) is 5.32 Å². The standard InChI is InChI=1S/C15H16N2O4S2/c1-9(2)23(20,21)11-5-3-10(4-6-11)14(19)17-15-12(13(16)18)7-8-22-15/h3-9H,1-2H3,(H2,16,18)(H,17,19). The normalized spacial score (nSPS) is 11.4. The monoisotopic (exact) mass is 352 g/mol. The number of carbonyl (C=O) groups is 2. The van der Waals surface area contributed by atoms with Crippen LogP contribution in [0.1, 0.15) is 34.6 Å². The number of rotatable bonds is 5. The lowest BCUT2D eigenvalue weighted by Gasteiger charge is -2.09. The maximum Gasteiger partial charge on any atom is 0.256 e. The van der Waals surface area contributed by atoms with E-state index in [4.69, 9.17) is 5.73 Å². The van der Waals surface area contributed by atoms with Crippen LogP contribution in [0.2, 0.25) is 0 Å². The van der Waals surface area contributed by atoms with E-state index in [1.165, 1.54) is 41.7 Å². The molecule has 0 aliphatic carbocycles. The Labute approximate surface area is 138 Å². The molecule has 0 spiro atoms. The number of anilines is 1. The SMILES string of the molecule is CC(C)S(=O)(=O)c1ccc(C(=O)Nc2sccc2C(N)=O)cc1. The summed E-state index contributed by atoms with van der Waals surface area (Å²) < 4.78 is 24.1. The number of primary amides is 1. The largest absolute Gasteiger partial charge is 0.366 e. The molecule has 1 heterocycles. The summed E-state index contributed by atoms with van der Waals surface area (Å²) in [7, 11) is -3.38. The molecule has 0 bridgehead atoms. The van der Waals surface area contributed by atoms with Gasteiger partial charge in [-0.3, -0.25) is 9.59 Å². The maximum atomic E-state index is 12.2. The van der Waals surface area contributed by atoms with Gasteiger partial charge in [0.15, 0.2) is 9.84 Å². The molecule has 3 N–H and O–H groups in total. The Kier molecular flexibility index (Phi) is 4.86. The second-order valence-corrected chi connectivity index (χ2v) is 8.52. The Morgan fingerprint density at radius 2 is 1.74 bits per heavy atom. The van der Waals surface area contributed by atoms with E-state index >= 15 is 0 Å². The maximum absolute atomic E-state index is 12.2. The molecular weight excluding hydrogens is 336 g/mol. The number of hydrogen-bond donors (Lipinski definition) is 2. The zero-order valence-electron chi connectivity index (χ0n) is 12.6. The first kappa shape index (κ1) is 17.2. The van der Waals surface area contributed by atoms with Crippen LogP contribution in [-0.4, -0.2) is 25.5 Å². The molecule has 6 nitrogen and oxygen atoms in total. The van der Waals surface area contributed by atoms with Gasteiger partial charge in [0.25, 0.3) is 11.8 Å². The van der Waals surface area contributed by atoms with Crippen LogP contribution in [0.15, 0.2) is 40.6 Å². The van der Waals surface area contributed by atoms with E-state index in [0.29, 0.717) is 5.00 Å². The Morgan fingerprint density at radius 3 is 2.26 bits per heavy atom. The molecule has 0 aliphatic rings. The molecule has 0 aliphatic heterocycles. The van der Waals surface area contributed by atoms with Crippen molar-refractivity contribution in [3.05, 3.63) is 46.8 Å². The molecule has 2 rings (SSSR count). The number of carbonyl (C=O) groups excluding carboxylic acids is 2. The molecule has 8 heteroatoms. The summed E-state index contributed by atoms with van der Waals surface area (Å²) in [6, 6.07) is 7.19. The van der Waals surface area contributed by atoms with Gasteiger partial charge >= 0.3 is 0 Å². The predicted octanol–water partition coefficient (Wildman–Crippen LogP) is 2.28. The predicted molar refractivity (Wildman–Crippen MR) is 89.6 cm³/mol. The van der Waals surface area contributed by atoms with Crippen LogP contribution >= 0.6 is 11.3 Å². The number of nitrogens with one attached hydrogen (secondary N) is 1. The number of hydrogen-bond acceptors (Lipinski definition) is 5. The highest BCUT2D eigenvalue weighted by atomic mass is 32.2. The molecule has 2 aromatic rings. The van der Waals surface area contributed by atoms with Crippen molar-refractivity contribution in [3.63, 3.8) is 0 Å². The molecule has 122 valence electrons. The molecule has 23 heavy (non-hydrogen) atoms. The van der Waals surface area contributed by atoms with Crippen LogP contribution in [0.3, 0.4) is 0 Å². The molecule has 0 atom stereocenters. The van der Waals surface area contributed by atoms with Gasteiger partial charge < -0.3 is 11.1 Å². The van der Waals surface area contributed by atoms with Crippen molar-refractivity contribution < 1.29 is 18.0 Å². The van der Waals surface area contributed by atoms with Crippen LogP contribution in [0.4, 0.5) is 5.00 Å². The lowest BCUT2D eigenvalue weighted by atomic mass is 10.2. The van der Waals surface area contributed by atoms with E-state index in [1.54, 1.807) is 19.2 Å². The zero-order valence-corrected chi connectivity index (χ0v) is 14.2. The van der Waals surface area contributed by atoms with Crippen molar-refractivity contribution in [2.24, 2.45) is 5.73 Å². The summed E-state index contributed by atoms with van der Waals surface area (Å²) in [5, 5.41) is 4.07. The molecule has 0 radical (unpaired) electrons. The zero-order chi connectivity index (χ0) is 17.2. The fourth-order valence-corrected chi connectivity index (χ4v) is 3.69. The fourth-order valence-electron chi connectivity index (χ4n) is 1.84. The molecule has 0 saturated carbocycles. The topological polar surface area (TPSA) is 106 Å². The van der Waals surface area contributed by atoms with Crippen LogP contribution in [0.5, 0.6) is 0 Å². The summed E-state index contributed by atoms with van der Waals surface area (Å²) in [6.45, 7) is 3.19. The molecule has 0 fully saturated rings. The van der Waals surface area contributed by atoms with Crippen molar-refractivity contribution >= 4 is 38.0 Å². The van der Waals surface area contributed by atoms with Gasteiger partial charge in [-0.2, -0.15) is 0 Å². The number of nitrogens with two attached hydrogens (primary N) is 1. The first-order valence-corrected chi connectivity index (χ1v) is 9.18. The number of benzene rings is 1. The van der Waals surface area contributed by atoms with Crippen molar-refractivity contribution in [2.75, 3.05) is 5.32 Å². The Bertz CT molecular complexity index is 837. The highest BCUT2D eigenvalue weighted by molar-refractivity contribution is 7.92. The molecule has 2 amide bonds. The van der Waals surface area contributed by atoms with Gasteiger partial charge in [-0.15, -0.1) is 11.3 Å². The Balaban J connectivity index is 2.21. The summed E-state index contributed by atoms with van der Waals surface area (Å²) in [4.78, 5) is 23.6. The van der Waals surface area contributed by atoms with Crippen molar-refractivity contribution in [3.8, 4) is 0 Å². The van der Waals surface area contributed by atoms with E-state index in [1.807, 2.05) is 0 Å². The first-order valence-electron chi connectivity index (χ1n) is 6.76. The molecule has 1 aromatic heterocycles. The highest BCUT2D eigenvalue weighted by Crippen LogP contribution is 2.24. The smallest absolute Gasteiger partial charge is 0.256 e. The second-order valence-electron chi connectivity index (χ2n) is 5.10. The highest BCUT2D eigenvalue weighted by Gasteiger charge is 2.20. The first-order chi connectivity index (χ1) is 10.7. The van der Waals surface area contributed by atoms with E-state index in [9.17, 15) is 18.0 Å². The molecule has 0 unspecified atom stereocenters. The third-order valence-corrected chi connectivity index (χ3v) is 6.22. The lowest BCUT2D eigenvalue weighted by Crippen LogP contribution is -2.17. The van der Waals surface area contributed by atoms with E-state index in [0.717, 1.165) is 0 Å². The van der Waals surface area contributed by atoms with Crippen LogP contribution in [-0.2, 0) is 9.84 Å². The third kappa shape index (κ3) is 3.59. The van der Waals surface area contributed by atoms with E-state index < -0.39 is 26.9 Å². The number of amides is 2. The van der Waals surface area contributed by atoms with Crippen molar-refractivity contribution in [1.29, 1.82) is 0 Å². The average Bonchev–Trinajstić information content (AvgIpc) is 2.95. The van der Waals surface area contributed by atoms with Gasteiger partial charge in [0.2, 0.25) is 0 Å². The van der Waals surface area contributed by atoms with Crippen molar-refractivity contribution in [1.82, 2.24) is 0 Å². The molecular formula is C15H16N2O4S2. The number of thiophene rings is 1. The van der Waals surface area contributed by atoms with Crippen LogP contribution in [0.25, 0.3) is 0 Å². The Morgan fingerprint density at radius 1 is 1.13 bits per heavy atom. The van der Waals surface area contributed by atoms with E-state index in [-0.39, 0.29) is 16.0 Å². The molecule has 0 saturated heterocycles. The lowest BCUT2D eigenvalue weighted by molar-refractivity contribution is 0.100. The minimum Gasteiger partial charge on any atom is -0.366 e. The second kappa shape index (κ2) is 6.51. The van der Waals surface area contributed by atoms with Gasteiger partial charge in [0.1, 0.15) is 5.00 Å².